The van der Waals surface area contributed by atoms with Crippen LogP contribution in [0.5, 0.6) is 0 Å². The number of carbonyl (C=O) groups excluding carboxylic acids is 2. The number of hydrogen-bond acceptors (Lipinski definition) is 4. The van der Waals surface area contributed by atoms with E-state index in [0.717, 1.165) is 0 Å². The molecule has 3 aromatic rings. The largest absolute Gasteiger partial charge is 1.00 e. The summed E-state index contributed by atoms with van der Waals surface area (Å²) in [6, 6.07) is 30.4. The van der Waals surface area contributed by atoms with Crippen molar-refractivity contribution in [3.63, 3.8) is 0 Å². The molecule has 0 fully saturated rings. The van der Waals surface area contributed by atoms with Gasteiger partial charge in [0.25, 0.3) is 0 Å². The molecule has 0 saturated carbocycles. The van der Waals surface area contributed by atoms with E-state index < -0.39 is 31.0 Å². The van der Waals surface area contributed by atoms with Crippen LogP contribution in [0.2, 0.25) is 0 Å². The van der Waals surface area contributed by atoms with Crippen LogP contribution in [0.15, 0.2) is 104 Å². The molecule has 5 nitrogen and oxygen atoms in total. The molecule has 0 aliphatic rings. The van der Waals surface area contributed by atoms with E-state index in [1.54, 1.807) is 20.8 Å². The van der Waals surface area contributed by atoms with Crippen LogP contribution < -0.4 is 45.2 Å². The highest BCUT2D eigenvalue weighted by molar-refractivity contribution is 7.95. The zero-order valence-corrected chi connectivity index (χ0v) is 24.7. The molecular weight excluding hydrogens is 596 g/mol. The highest BCUT2D eigenvalue weighted by Crippen LogP contribution is 2.55. The van der Waals surface area contributed by atoms with Crippen molar-refractivity contribution in [3.05, 3.63) is 104 Å². The standard InChI is InChI=1S/C30H34NO4P.HI/c1-5-22-34-28(32)27(31-29(33)35-30(2,3)4)21-23-36(24-15-9-6-10-16-24,25-17-11-7-12-18-25)26-19-13-8-14-20-26;/h5-20,27H,1,21-23H2,2-4H3;1H/t27-;/m0./s1. The number of ether oxygens (including phenoxy) is 2. The van der Waals surface area contributed by atoms with Gasteiger partial charge in [-0.25, -0.2) is 9.59 Å². The third kappa shape index (κ3) is 8.41. The molecule has 7 heteroatoms. The molecule has 37 heavy (non-hydrogen) atoms. The van der Waals surface area contributed by atoms with Crippen molar-refractivity contribution in [1.82, 2.24) is 5.32 Å². The van der Waals surface area contributed by atoms with Gasteiger partial charge in [-0.15, -0.1) is 0 Å². The molecule has 1 atom stereocenters. The van der Waals surface area contributed by atoms with Gasteiger partial charge in [0.15, 0.2) is 0 Å². The first-order chi connectivity index (χ1) is 17.3. The monoisotopic (exact) mass is 631 g/mol. The van der Waals surface area contributed by atoms with Gasteiger partial charge in [0, 0.05) is 6.42 Å². The van der Waals surface area contributed by atoms with Gasteiger partial charge in [0.1, 0.15) is 41.4 Å². The third-order valence-electron chi connectivity index (χ3n) is 5.66. The summed E-state index contributed by atoms with van der Waals surface area (Å²) in [7, 11) is -2.18. The Balaban J connectivity index is 0.00000481. The first-order valence-electron chi connectivity index (χ1n) is 12.1. The third-order valence-corrected chi connectivity index (χ3v) is 10.1. The first kappa shape index (κ1) is 30.5. The van der Waals surface area contributed by atoms with E-state index in [9.17, 15) is 9.59 Å². The van der Waals surface area contributed by atoms with Crippen molar-refractivity contribution >= 4 is 35.2 Å². The zero-order valence-electron chi connectivity index (χ0n) is 21.6. The highest BCUT2D eigenvalue weighted by Gasteiger charge is 2.46. The van der Waals surface area contributed by atoms with Crippen LogP contribution in [-0.4, -0.2) is 36.5 Å². The fourth-order valence-electron chi connectivity index (χ4n) is 4.15. The Morgan fingerprint density at radius 2 is 1.30 bits per heavy atom. The summed E-state index contributed by atoms with van der Waals surface area (Å²) in [6.45, 7) is 9.05. The van der Waals surface area contributed by atoms with E-state index in [1.165, 1.54) is 22.0 Å². The summed E-state index contributed by atoms with van der Waals surface area (Å²) >= 11 is 0. The fraction of sp³-hybridized carbons (Fsp3) is 0.267. The van der Waals surface area contributed by atoms with E-state index >= 15 is 0 Å². The molecule has 0 radical (unpaired) electrons. The van der Waals surface area contributed by atoms with Crippen LogP contribution in [0.4, 0.5) is 4.79 Å². The second kappa shape index (κ2) is 14.3. The Labute approximate surface area is 238 Å². The molecule has 0 heterocycles. The molecule has 3 aromatic carbocycles. The topological polar surface area (TPSA) is 64.6 Å². The lowest BCUT2D eigenvalue weighted by atomic mass is 10.2. The number of hydrogen-bond donors (Lipinski definition) is 1. The summed E-state index contributed by atoms with van der Waals surface area (Å²) in [6.07, 6.45) is 1.89. The van der Waals surface area contributed by atoms with Crippen molar-refractivity contribution < 1.29 is 43.0 Å². The number of carbonyl (C=O) groups is 2. The maximum Gasteiger partial charge on any atom is 0.408 e. The molecular formula is C30H35INO4P. The maximum atomic E-state index is 13.0. The molecule has 1 amide bonds. The minimum absolute atomic E-state index is 0. The van der Waals surface area contributed by atoms with Crippen molar-refractivity contribution in [3.8, 4) is 0 Å². The van der Waals surface area contributed by atoms with E-state index in [-0.39, 0.29) is 30.6 Å². The number of amides is 1. The van der Waals surface area contributed by atoms with Crippen LogP contribution in [0.1, 0.15) is 27.2 Å². The van der Waals surface area contributed by atoms with E-state index in [1.807, 2.05) is 54.6 Å². The van der Waals surface area contributed by atoms with Gasteiger partial charge in [-0.2, -0.15) is 0 Å². The number of alkyl carbamates (subject to hydrolysis) is 1. The fourth-order valence-corrected chi connectivity index (χ4v) is 8.50. The normalized spacial score (nSPS) is 12.0. The van der Waals surface area contributed by atoms with Gasteiger partial charge < -0.3 is 38.8 Å². The van der Waals surface area contributed by atoms with E-state index in [2.05, 4.69) is 48.3 Å². The van der Waals surface area contributed by atoms with Crippen molar-refractivity contribution in [2.45, 2.75) is 38.8 Å². The lowest BCUT2D eigenvalue weighted by Crippen LogP contribution is -3.00. The molecule has 0 saturated heterocycles. The summed E-state index contributed by atoms with van der Waals surface area (Å²) in [5.41, 5.74) is -0.686. The quantitative estimate of drug-likeness (QED) is 0.161. The maximum absolute atomic E-state index is 13.0. The summed E-state index contributed by atoms with van der Waals surface area (Å²) in [4.78, 5) is 25.6. The second-order valence-corrected chi connectivity index (χ2v) is 13.1. The molecule has 3 rings (SSSR count). The van der Waals surface area contributed by atoms with Gasteiger partial charge in [-0.1, -0.05) is 67.3 Å². The van der Waals surface area contributed by atoms with Crippen molar-refractivity contribution in [2.75, 3.05) is 12.8 Å². The smallest absolute Gasteiger partial charge is 0.408 e. The lowest BCUT2D eigenvalue weighted by molar-refractivity contribution is -0.145. The van der Waals surface area contributed by atoms with Gasteiger partial charge in [-0.05, 0) is 57.2 Å². The molecule has 196 valence electrons. The summed E-state index contributed by atoms with van der Waals surface area (Å²) in [5, 5.41) is 6.38. The number of nitrogens with one attached hydrogen (secondary N) is 1. The van der Waals surface area contributed by atoms with Gasteiger partial charge in [-0.3, -0.25) is 0 Å². The van der Waals surface area contributed by atoms with E-state index in [4.69, 9.17) is 9.47 Å². The van der Waals surface area contributed by atoms with Crippen LogP contribution in [-0.2, 0) is 14.3 Å². The molecule has 0 unspecified atom stereocenters. The predicted molar refractivity (Wildman–Crippen MR) is 149 cm³/mol. The Bertz CT molecular complexity index is 1040. The number of rotatable bonds is 10. The van der Waals surface area contributed by atoms with Gasteiger partial charge >= 0.3 is 12.1 Å². The van der Waals surface area contributed by atoms with Gasteiger partial charge in [0.2, 0.25) is 0 Å². The summed E-state index contributed by atoms with van der Waals surface area (Å²) < 4.78 is 10.8. The molecule has 0 aromatic heterocycles. The van der Waals surface area contributed by atoms with E-state index in [0.29, 0.717) is 12.6 Å². The highest BCUT2D eigenvalue weighted by atomic mass is 127. The average molecular weight is 631 g/mol. The second-order valence-electron chi connectivity index (χ2n) is 9.45. The minimum atomic E-state index is -2.18. The number of halogens is 1. The Morgan fingerprint density at radius 1 is 0.865 bits per heavy atom. The first-order valence-corrected chi connectivity index (χ1v) is 14.1. The van der Waals surface area contributed by atoms with Crippen LogP contribution in [0, 0.1) is 0 Å². The van der Waals surface area contributed by atoms with Crippen molar-refractivity contribution in [2.24, 2.45) is 0 Å². The van der Waals surface area contributed by atoms with Crippen LogP contribution >= 0.6 is 7.26 Å². The molecule has 0 aliphatic carbocycles. The van der Waals surface area contributed by atoms with Gasteiger partial charge in [0.05, 0.1) is 6.16 Å². The Morgan fingerprint density at radius 3 is 1.68 bits per heavy atom. The lowest BCUT2D eigenvalue weighted by Gasteiger charge is -2.29. The van der Waals surface area contributed by atoms with Crippen molar-refractivity contribution in [1.29, 1.82) is 0 Å². The number of esters is 1. The average Bonchev–Trinajstić information content (AvgIpc) is 2.87. The molecule has 1 N–H and O–H groups in total. The predicted octanol–water partition coefficient (Wildman–Crippen LogP) is 2.00. The Hall–Kier alpha value is -2.70. The molecule has 0 spiro atoms. The summed E-state index contributed by atoms with van der Waals surface area (Å²) in [5.74, 6) is -0.506. The minimum Gasteiger partial charge on any atom is -1.00 e. The van der Waals surface area contributed by atoms with Crippen LogP contribution in [0.25, 0.3) is 0 Å². The molecule has 0 aliphatic heterocycles. The molecule has 0 bridgehead atoms. The SMILES string of the molecule is C=CCOC(=O)[C@H](CC[P+](c1ccccc1)(c1ccccc1)c1ccccc1)NC(=O)OC(C)(C)C.[I-]. The van der Waals surface area contributed by atoms with Crippen LogP contribution in [0.3, 0.4) is 0 Å². The number of benzene rings is 3. The Kier molecular flexibility index (Phi) is 11.8. The zero-order chi connectivity index (χ0) is 26.0.